The summed E-state index contributed by atoms with van der Waals surface area (Å²) in [5.74, 6) is -9.48. The van der Waals surface area contributed by atoms with Gasteiger partial charge < -0.3 is 38.2 Å². The maximum absolute atomic E-state index is 15.0. The van der Waals surface area contributed by atoms with Crippen LogP contribution in [0.3, 0.4) is 0 Å². The zero-order valence-electron chi connectivity index (χ0n) is 68.9. The van der Waals surface area contributed by atoms with Crippen molar-refractivity contribution >= 4 is 88.7 Å². The van der Waals surface area contributed by atoms with Gasteiger partial charge in [0.25, 0.3) is 0 Å². The zero-order valence-corrected chi connectivity index (χ0v) is 70.6. The van der Waals surface area contributed by atoms with Gasteiger partial charge in [0.2, 0.25) is 78.4 Å². The van der Waals surface area contributed by atoms with Crippen molar-refractivity contribution in [2.24, 2.45) is 58.2 Å². The van der Waals surface area contributed by atoms with Gasteiger partial charge in [-0.25, -0.2) is 16.8 Å². The van der Waals surface area contributed by atoms with E-state index in [1.807, 2.05) is 65.8 Å². The lowest BCUT2D eigenvalue weighted by Gasteiger charge is -2.34. The molecule has 12 rings (SSSR count). The van der Waals surface area contributed by atoms with Gasteiger partial charge in [-0.05, 0) is 192 Å². The number of alkyl halides is 6. The number of nitrogens with one attached hydrogen (secondary N) is 2. The quantitative estimate of drug-likeness (QED) is 0.0419. The highest BCUT2D eigenvalue weighted by Gasteiger charge is 2.65. The summed E-state index contributed by atoms with van der Waals surface area (Å²) in [6.07, 6.45) is 0.264. The van der Waals surface area contributed by atoms with E-state index in [2.05, 4.69) is 29.8 Å². The molecule has 4 amide bonds. The number of rotatable bonds is 22. The van der Waals surface area contributed by atoms with Gasteiger partial charge in [-0.3, -0.25) is 47.8 Å². The lowest BCUT2D eigenvalue weighted by Crippen LogP contribution is -2.49. The van der Waals surface area contributed by atoms with E-state index in [1.165, 1.54) is 9.80 Å². The van der Waals surface area contributed by atoms with E-state index < -0.39 is 184 Å². The van der Waals surface area contributed by atoms with Crippen LogP contribution in [-0.2, 0) is 67.9 Å². The third kappa shape index (κ3) is 19.6. The Morgan fingerprint density at radius 1 is 0.517 bits per heavy atom. The molecular weight excluding hydrogens is 1590 g/mol. The molecule has 4 aliphatic carbocycles. The molecule has 2 aromatic carbocycles. The second-order valence-electron chi connectivity index (χ2n) is 35.1. The van der Waals surface area contributed by atoms with Crippen LogP contribution >= 0.6 is 0 Å². The average molecular weight is 1700 g/mol. The molecule has 2 N–H and O–H groups in total. The molecule has 648 valence electrons. The average Bonchev–Trinajstić information content (AvgIpc) is 1.57. The lowest BCUT2D eigenvalue weighted by atomic mass is 9.79. The number of allylic oxidation sites excluding steroid dienone is 4. The van der Waals surface area contributed by atoms with Crippen molar-refractivity contribution < 1.29 is 110 Å². The Morgan fingerprint density at radius 2 is 0.847 bits per heavy atom. The Bertz CT molecular complexity index is 4470. The lowest BCUT2D eigenvalue weighted by molar-refractivity contribution is -0.257. The largest absolute Gasteiger partial charge is 0.476 e. The number of carbonyl (C=O) groups excluding carboxylic acids is 8. The number of ether oxygens (including phenoxy) is 6. The van der Waals surface area contributed by atoms with E-state index in [4.69, 9.17) is 28.4 Å². The maximum Gasteiger partial charge on any atom is 0.427 e. The number of carbonyl (C=O) groups is 8. The molecule has 2 aromatic heterocycles. The van der Waals surface area contributed by atoms with Crippen molar-refractivity contribution in [3.05, 3.63) is 72.8 Å². The maximum atomic E-state index is 15.0. The van der Waals surface area contributed by atoms with Crippen LogP contribution in [0.5, 0.6) is 23.5 Å². The highest BCUT2D eigenvalue weighted by Crippen LogP contribution is 2.60. The number of fused-ring (bicyclic) bond motifs is 6. The van der Waals surface area contributed by atoms with Gasteiger partial charge in [0, 0.05) is 25.7 Å². The molecule has 0 bridgehead atoms. The number of sulfonamides is 2. The van der Waals surface area contributed by atoms with Gasteiger partial charge in [0.15, 0.2) is 11.6 Å². The monoisotopic (exact) mass is 1700 g/mol. The van der Waals surface area contributed by atoms with Crippen LogP contribution in [0.4, 0.5) is 26.3 Å². The van der Waals surface area contributed by atoms with E-state index >= 15 is 0 Å². The fraction of sp³-hybridized carbons (Fsp3) is 0.667. The summed E-state index contributed by atoms with van der Waals surface area (Å²) in [4.78, 5) is 117. The summed E-state index contributed by atoms with van der Waals surface area (Å²) in [6.45, 7) is 17.8. The fourth-order valence-electron chi connectivity index (χ4n) is 16.9. The second kappa shape index (κ2) is 34.9. The normalized spacial score (nSPS) is 29.3. The smallest absolute Gasteiger partial charge is 0.427 e. The first kappa shape index (κ1) is 90.2. The van der Waals surface area contributed by atoms with E-state index in [9.17, 15) is 81.5 Å². The number of aromatic nitrogens is 4. The zero-order chi connectivity index (χ0) is 86.3. The van der Waals surface area contributed by atoms with Crippen molar-refractivity contribution in [3.8, 4) is 23.5 Å². The summed E-state index contributed by atoms with van der Waals surface area (Å²) < 4.78 is 172. The third-order valence-corrected chi connectivity index (χ3v) is 29.8. The predicted octanol–water partition coefficient (Wildman–Crippen LogP) is 13.3. The van der Waals surface area contributed by atoms with Gasteiger partial charge in [0.1, 0.15) is 12.2 Å². The van der Waals surface area contributed by atoms with Crippen molar-refractivity contribution in [2.45, 2.75) is 269 Å². The number of benzene rings is 2. The number of halogens is 6. The predicted molar refractivity (Wildman–Crippen MR) is 421 cm³/mol. The topological polar surface area (TPSA) is 342 Å². The van der Waals surface area contributed by atoms with Crippen LogP contribution in [0, 0.1) is 58.2 Å². The SMILES string of the molecule is CCOc1nnc(O[C@@H]2C[C@H]3C(=O)C[C@]4(C(=O)NS(=O)(=O)C5(C)CC5)C[C@H]4/C=C\CC[C@@H](C)C[C@@H](CC)[C@H](CC(=O)OC(C)(C)C(F)(F)F)C(=O)N3C2)c2ccccc12.CCOc1nnc(O[C@@H]2C[C@H]3C(=O)C[C@]4(C(=O)NS(=O)(=O)C5(C)CC5)C[C@H]4/C=C\CC[C@H](C)C[C@@H](CC)[C@H](CC(=O)OC(C)(C)C(F)(F)F)C(=O)N3C2)c2ccccc12. The first-order valence-electron chi connectivity index (χ1n) is 41.1. The molecule has 14 atom stereocenters. The number of esters is 2. The molecule has 118 heavy (non-hydrogen) atoms. The number of hydrogen-bond acceptors (Lipinski definition) is 22. The Balaban J connectivity index is 0.000000231. The van der Waals surface area contributed by atoms with Crippen molar-refractivity contribution in [1.29, 1.82) is 0 Å². The van der Waals surface area contributed by atoms with Crippen LogP contribution in [0.2, 0.25) is 0 Å². The van der Waals surface area contributed by atoms with Gasteiger partial charge in [-0.1, -0.05) is 89.1 Å². The van der Waals surface area contributed by atoms with Gasteiger partial charge in [-0.2, -0.15) is 26.3 Å². The van der Waals surface area contributed by atoms with Crippen LogP contribution < -0.4 is 28.4 Å². The number of nitrogens with zero attached hydrogens (tertiary/aromatic N) is 6. The van der Waals surface area contributed by atoms with Crippen LogP contribution in [-0.4, -0.2) is 178 Å². The molecular formula is C84H110F6N8O18S2. The number of amides is 4. The molecule has 0 radical (unpaired) electrons. The van der Waals surface area contributed by atoms with E-state index in [1.54, 1.807) is 62.4 Å². The minimum atomic E-state index is -4.87. The molecule has 0 spiro atoms. The van der Waals surface area contributed by atoms with E-state index in [0.717, 1.165) is 27.7 Å². The molecule has 4 saturated carbocycles. The molecule has 26 nitrogen and oxygen atoms in total. The Morgan fingerprint density at radius 3 is 1.16 bits per heavy atom. The third-order valence-electron chi connectivity index (χ3n) is 25.5. The fourth-order valence-corrected chi connectivity index (χ4v) is 19.6. The second-order valence-corrected chi connectivity index (χ2v) is 39.5. The minimum Gasteiger partial charge on any atom is -0.476 e. The Hall–Kier alpha value is -8.56. The molecule has 8 aliphatic rings. The number of Topliss-reactive ketones (excluding diaryl/α,β-unsaturated/α-hetero) is 2. The highest BCUT2D eigenvalue weighted by molar-refractivity contribution is 7.92. The summed E-state index contributed by atoms with van der Waals surface area (Å²) >= 11 is 0. The molecule has 4 aromatic rings. The van der Waals surface area contributed by atoms with Gasteiger partial charge in [0.05, 0.1) is 105 Å². The summed E-state index contributed by atoms with van der Waals surface area (Å²) in [7, 11) is -8.08. The molecule has 34 heteroatoms. The summed E-state index contributed by atoms with van der Waals surface area (Å²) in [6, 6.07) is 11.9. The van der Waals surface area contributed by atoms with E-state index in [-0.39, 0.29) is 87.0 Å². The number of ketones is 2. The van der Waals surface area contributed by atoms with Crippen molar-refractivity contribution in [3.63, 3.8) is 0 Å². The van der Waals surface area contributed by atoms with Crippen LogP contribution in [0.15, 0.2) is 72.8 Å². The summed E-state index contributed by atoms with van der Waals surface area (Å²) in [5, 5.41) is 19.3. The minimum absolute atomic E-state index is 0.0166. The number of hydrogen-bond donors (Lipinski definition) is 2. The van der Waals surface area contributed by atoms with Gasteiger partial charge in [-0.15, -0.1) is 20.4 Å². The van der Waals surface area contributed by atoms with Crippen LogP contribution in [0.25, 0.3) is 21.5 Å². The molecule has 6 heterocycles. The molecule has 4 aliphatic heterocycles. The van der Waals surface area contributed by atoms with Crippen molar-refractivity contribution in [2.75, 3.05) is 26.3 Å². The Labute approximate surface area is 684 Å². The summed E-state index contributed by atoms with van der Waals surface area (Å²) in [5.41, 5.74) is -8.41. The molecule has 0 unspecified atom stereocenters. The van der Waals surface area contributed by atoms with Crippen LogP contribution in [0.1, 0.15) is 212 Å². The van der Waals surface area contributed by atoms with Crippen molar-refractivity contribution in [1.82, 2.24) is 39.6 Å². The Kier molecular flexibility index (Phi) is 26.7. The molecule has 6 fully saturated rings. The first-order valence-corrected chi connectivity index (χ1v) is 44.1. The molecule has 2 saturated heterocycles. The first-order chi connectivity index (χ1) is 55.3. The highest BCUT2D eigenvalue weighted by atomic mass is 32.2. The van der Waals surface area contributed by atoms with E-state index in [0.29, 0.717) is 112 Å². The van der Waals surface area contributed by atoms with Gasteiger partial charge >= 0.3 is 24.3 Å². The standard InChI is InChI=1S/2C42H55F3N4O9S/c2*1-7-26-19-25(3)13-9-10-14-27-22-41(27,38(53)48-59(54,55)40(6)17-18-40)23-33(50)32-20-28(57-36-30-16-12-11-15-29(30)35(46-47-36)56-8-2)24-49(32)37(52)31(26)21-34(51)58-39(4,5)42(43,44)45/h2*10-12,14-16,25-28,31-32H,7-9,13,17-24H2,1-6H3,(H,48,53)/b2*14-10-/t25-,26+,27+,28+,31-,32-,41+;25-,26-,27-,28-,31+,32+,41-/m01/s1.